The van der Waals surface area contributed by atoms with Crippen molar-refractivity contribution in [1.29, 1.82) is 0 Å². The molecule has 0 saturated heterocycles. The molecule has 0 radical (unpaired) electrons. The molecule has 2 heteroatoms. The summed E-state index contributed by atoms with van der Waals surface area (Å²) in [6.45, 7) is 4.65. The molecule has 16 heavy (non-hydrogen) atoms. The molecule has 0 aliphatic carbocycles. The van der Waals surface area contributed by atoms with Crippen LogP contribution >= 0.6 is 0 Å². The summed E-state index contributed by atoms with van der Waals surface area (Å²) in [4.78, 5) is 0. The summed E-state index contributed by atoms with van der Waals surface area (Å²) < 4.78 is 2.16. The highest BCUT2D eigenvalue weighted by Gasteiger charge is 1.99. The van der Waals surface area contributed by atoms with Gasteiger partial charge in [0, 0.05) is 17.7 Å². The summed E-state index contributed by atoms with van der Waals surface area (Å²) in [6, 6.07) is 14.6. The van der Waals surface area contributed by atoms with E-state index in [2.05, 4.69) is 47.8 Å². The van der Waals surface area contributed by atoms with E-state index < -0.39 is 0 Å². The third kappa shape index (κ3) is 3.31. The summed E-state index contributed by atoms with van der Waals surface area (Å²) in [5.74, 6) is 0. The number of aromatic nitrogens is 1. The van der Waals surface area contributed by atoms with E-state index in [1.807, 2.05) is 24.3 Å². The topological polar surface area (TPSA) is 3.88 Å². The van der Waals surface area contributed by atoms with Gasteiger partial charge in [-0.05, 0) is 5.56 Å². The second-order valence-corrected chi connectivity index (χ2v) is 3.49. The van der Waals surface area contributed by atoms with Gasteiger partial charge in [0.2, 0.25) is 0 Å². The summed E-state index contributed by atoms with van der Waals surface area (Å²) in [5, 5.41) is 0. The number of halogens is 1. The molecule has 0 bridgehead atoms. The van der Waals surface area contributed by atoms with Crippen LogP contribution in [0.15, 0.2) is 61.4 Å². The van der Waals surface area contributed by atoms with E-state index in [1.54, 1.807) is 0 Å². The smallest absolute Gasteiger partial charge is 0.173 e. The third-order valence-corrected chi connectivity index (χ3v) is 2.36. The Morgan fingerprint density at radius 2 is 1.62 bits per heavy atom. The average molecular weight is 276 g/mol. The second-order valence-electron chi connectivity index (χ2n) is 3.49. The van der Waals surface area contributed by atoms with Gasteiger partial charge in [0.25, 0.3) is 0 Å². The van der Waals surface area contributed by atoms with Gasteiger partial charge >= 0.3 is 0 Å². The molecule has 1 aromatic heterocycles. The van der Waals surface area contributed by atoms with E-state index in [0.717, 1.165) is 12.1 Å². The first-order valence-corrected chi connectivity index (χ1v) is 5.04. The lowest BCUT2D eigenvalue weighted by Gasteiger charge is -1.98. The fourth-order valence-corrected chi connectivity index (χ4v) is 1.51. The molecular formula is C14H14BrN. The fraction of sp³-hybridized carbons (Fsp3) is 0.0714. The van der Waals surface area contributed by atoms with Gasteiger partial charge in [0.1, 0.15) is 0 Å². The van der Waals surface area contributed by atoms with E-state index in [9.17, 15) is 0 Å². The number of pyridine rings is 1. The van der Waals surface area contributed by atoms with Gasteiger partial charge in [-0.15, -0.1) is 0 Å². The Kier molecular flexibility index (Phi) is 4.93. The van der Waals surface area contributed by atoms with Crippen molar-refractivity contribution in [2.75, 3.05) is 0 Å². The molecule has 1 aromatic carbocycles. The first-order valence-electron chi connectivity index (χ1n) is 5.04. The molecule has 2 rings (SSSR count). The van der Waals surface area contributed by atoms with Crippen LogP contribution in [0.3, 0.4) is 0 Å². The van der Waals surface area contributed by atoms with Crippen LogP contribution in [-0.2, 0) is 6.54 Å². The van der Waals surface area contributed by atoms with E-state index in [4.69, 9.17) is 0 Å². The molecule has 1 nitrogen and oxygen atoms in total. The first-order chi connectivity index (χ1) is 7.38. The Bertz CT molecular complexity index is 434. The van der Waals surface area contributed by atoms with Crippen molar-refractivity contribution in [3.63, 3.8) is 0 Å². The van der Waals surface area contributed by atoms with Crippen LogP contribution < -0.4 is 21.5 Å². The minimum absolute atomic E-state index is 0. The summed E-state index contributed by atoms with van der Waals surface area (Å²) in [6.07, 6.45) is 6.00. The SMILES string of the molecule is C=Cc1ccc(C[n+]2ccccc2)cc1.[Br-]. The van der Waals surface area contributed by atoms with Gasteiger partial charge in [-0.3, -0.25) is 0 Å². The average Bonchev–Trinajstić information content (AvgIpc) is 2.31. The molecule has 0 aliphatic heterocycles. The number of hydrogen-bond donors (Lipinski definition) is 0. The maximum Gasteiger partial charge on any atom is 0.173 e. The predicted octanol–water partition coefficient (Wildman–Crippen LogP) is -0.331. The highest BCUT2D eigenvalue weighted by Crippen LogP contribution is 2.04. The summed E-state index contributed by atoms with van der Waals surface area (Å²) in [5.41, 5.74) is 2.47. The van der Waals surface area contributed by atoms with Crippen molar-refractivity contribution in [2.24, 2.45) is 0 Å². The number of nitrogens with zero attached hydrogens (tertiary/aromatic N) is 1. The Morgan fingerprint density at radius 3 is 2.19 bits per heavy atom. The number of hydrogen-bond acceptors (Lipinski definition) is 0. The van der Waals surface area contributed by atoms with Gasteiger partial charge in [0.15, 0.2) is 18.9 Å². The molecule has 0 unspecified atom stereocenters. The maximum atomic E-state index is 3.74. The highest BCUT2D eigenvalue weighted by molar-refractivity contribution is 5.47. The first kappa shape index (κ1) is 12.7. The minimum Gasteiger partial charge on any atom is -1.00 e. The molecule has 0 atom stereocenters. The van der Waals surface area contributed by atoms with Crippen molar-refractivity contribution in [1.82, 2.24) is 0 Å². The van der Waals surface area contributed by atoms with E-state index in [0.29, 0.717) is 0 Å². The lowest BCUT2D eigenvalue weighted by molar-refractivity contribution is -0.688. The molecule has 1 heterocycles. The van der Waals surface area contributed by atoms with Crippen LogP contribution in [0.4, 0.5) is 0 Å². The van der Waals surface area contributed by atoms with Crippen molar-refractivity contribution < 1.29 is 21.5 Å². The molecule has 0 saturated carbocycles. The van der Waals surface area contributed by atoms with Gasteiger partial charge < -0.3 is 17.0 Å². The van der Waals surface area contributed by atoms with E-state index >= 15 is 0 Å². The zero-order valence-electron chi connectivity index (χ0n) is 9.01. The van der Waals surface area contributed by atoms with Gasteiger partial charge in [-0.25, -0.2) is 4.57 Å². The van der Waals surface area contributed by atoms with Crippen LogP contribution in [0.5, 0.6) is 0 Å². The van der Waals surface area contributed by atoms with Crippen molar-refractivity contribution >= 4 is 6.08 Å². The largest absolute Gasteiger partial charge is 1.00 e. The molecule has 0 spiro atoms. The fourth-order valence-electron chi connectivity index (χ4n) is 1.51. The monoisotopic (exact) mass is 275 g/mol. The van der Waals surface area contributed by atoms with Crippen LogP contribution in [0.25, 0.3) is 6.08 Å². The second kappa shape index (κ2) is 6.23. The molecule has 2 aromatic rings. The highest BCUT2D eigenvalue weighted by atomic mass is 79.9. The number of rotatable bonds is 3. The van der Waals surface area contributed by atoms with Gasteiger partial charge in [-0.2, -0.15) is 0 Å². The van der Waals surface area contributed by atoms with Crippen LogP contribution in [0, 0.1) is 0 Å². The van der Waals surface area contributed by atoms with E-state index in [1.165, 1.54) is 5.56 Å². The van der Waals surface area contributed by atoms with E-state index in [-0.39, 0.29) is 17.0 Å². The van der Waals surface area contributed by atoms with Crippen LogP contribution in [0.1, 0.15) is 11.1 Å². The lowest BCUT2D eigenvalue weighted by atomic mass is 10.1. The molecule has 0 amide bonds. The molecule has 0 aliphatic rings. The van der Waals surface area contributed by atoms with Gasteiger partial charge in [0.05, 0.1) is 0 Å². The zero-order valence-corrected chi connectivity index (χ0v) is 10.6. The lowest BCUT2D eigenvalue weighted by Crippen LogP contribution is -3.00. The molecule has 82 valence electrons. The quantitative estimate of drug-likeness (QED) is 0.676. The van der Waals surface area contributed by atoms with Crippen LogP contribution in [-0.4, -0.2) is 0 Å². The Hall–Kier alpha value is -1.41. The molecular weight excluding hydrogens is 262 g/mol. The van der Waals surface area contributed by atoms with Crippen molar-refractivity contribution in [3.05, 3.63) is 72.6 Å². The van der Waals surface area contributed by atoms with Crippen molar-refractivity contribution in [2.45, 2.75) is 6.54 Å². The normalized spacial score (nSPS) is 9.25. The summed E-state index contributed by atoms with van der Waals surface area (Å²) in [7, 11) is 0. The standard InChI is InChI=1S/C14H14N.BrH/c1-2-13-6-8-14(9-7-13)12-15-10-4-3-5-11-15;/h2-11H,1,12H2;1H/q+1;/p-1. The van der Waals surface area contributed by atoms with Crippen molar-refractivity contribution in [3.8, 4) is 0 Å². The van der Waals surface area contributed by atoms with Gasteiger partial charge in [-0.1, -0.05) is 43.0 Å². The Morgan fingerprint density at radius 1 is 1.00 bits per heavy atom. The maximum absolute atomic E-state index is 3.74. The van der Waals surface area contributed by atoms with Crippen LogP contribution in [0.2, 0.25) is 0 Å². The molecule has 0 N–H and O–H groups in total. The number of benzene rings is 1. The zero-order chi connectivity index (χ0) is 10.5. The Labute approximate surface area is 107 Å². The molecule has 0 fully saturated rings. The minimum atomic E-state index is 0. The predicted molar refractivity (Wildman–Crippen MR) is 62.3 cm³/mol. The third-order valence-electron chi connectivity index (χ3n) is 2.36. The Balaban J connectivity index is 0.00000128. The summed E-state index contributed by atoms with van der Waals surface area (Å²) >= 11 is 0.